The molecule has 4 aromatic carbocycles. The number of anilines is 2. The van der Waals surface area contributed by atoms with Crippen LogP contribution in [0.15, 0.2) is 112 Å². The number of pyridine rings is 1. The van der Waals surface area contributed by atoms with Crippen LogP contribution >= 0.6 is 11.6 Å². The van der Waals surface area contributed by atoms with Crippen molar-refractivity contribution in [1.82, 2.24) is 4.98 Å². The Labute approximate surface area is 212 Å². The van der Waals surface area contributed by atoms with Crippen LogP contribution in [0.1, 0.15) is 5.56 Å². The number of fused-ring (bicyclic) bond motifs is 3. The maximum absolute atomic E-state index is 13.2. The molecule has 0 atom stereocenters. The van der Waals surface area contributed by atoms with E-state index in [0.717, 1.165) is 50.1 Å². The van der Waals surface area contributed by atoms with Gasteiger partial charge in [0.05, 0.1) is 16.4 Å². The lowest BCUT2D eigenvalue weighted by Gasteiger charge is -2.13. The molecule has 1 N–H and O–H groups in total. The molecule has 6 aromatic rings. The molecule has 2 aromatic heterocycles. The molecule has 36 heavy (non-hydrogen) atoms. The van der Waals surface area contributed by atoms with Gasteiger partial charge in [-0.1, -0.05) is 83.9 Å². The number of aromatic nitrogens is 1. The zero-order valence-electron chi connectivity index (χ0n) is 19.5. The Balaban J connectivity index is 1.64. The first-order valence-corrected chi connectivity index (χ1v) is 12.0. The van der Waals surface area contributed by atoms with E-state index < -0.39 is 5.63 Å². The Morgan fingerprint density at radius 3 is 2.33 bits per heavy atom. The third-order valence-corrected chi connectivity index (χ3v) is 6.58. The van der Waals surface area contributed by atoms with Gasteiger partial charge < -0.3 is 9.73 Å². The van der Waals surface area contributed by atoms with Gasteiger partial charge >= 0.3 is 5.63 Å². The number of rotatable bonds is 4. The standard InChI is InChI=1S/C31H21ClN2O2/c1-19-11-13-21(14-12-19)27-18-23(20-7-3-2-4-8-20)29-24-17-22(33-26-10-6-5-9-25(26)32)15-16-28(24)36-31(35)30(29)34-27/h2-18,33H,1H3. The summed E-state index contributed by atoms with van der Waals surface area (Å²) in [7, 11) is 0. The zero-order chi connectivity index (χ0) is 24.6. The summed E-state index contributed by atoms with van der Waals surface area (Å²) >= 11 is 6.37. The lowest BCUT2D eigenvalue weighted by Crippen LogP contribution is -2.05. The van der Waals surface area contributed by atoms with Crippen LogP contribution in [0.4, 0.5) is 11.4 Å². The van der Waals surface area contributed by atoms with Crippen LogP contribution in [0.25, 0.3) is 44.3 Å². The molecule has 0 bridgehead atoms. The van der Waals surface area contributed by atoms with E-state index in [1.807, 2.05) is 97.9 Å². The number of hydrogen-bond acceptors (Lipinski definition) is 4. The highest BCUT2D eigenvalue weighted by molar-refractivity contribution is 6.33. The smallest absolute Gasteiger partial charge is 0.363 e. The number of halogens is 1. The number of aryl methyl sites for hydroxylation is 1. The van der Waals surface area contributed by atoms with Gasteiger partial charge in [-0.3, -0.25) is 0 Å². The van der Waals surface area contributed by atoms with E-state index in [-0.39, 0.29) is 0 Å². The Morgan fingerprint density at radius 2 is 1.56 bits per heavy atom. The van der Waals surface area contributed by atoms with Crippen molar-refractivity contribution < 1.29 is 4.42 Å². The van der Waals surface area contributed by atoms with Gasteiger partial charge in [0.15, 0.2) is 5.52 Å². The minimum absolute atomic E-state index is 0.300. The van der Waals surface area contributed by atoms with Gasteiger partial charge in [-0.2, -0.15) is 0 Å². The summed E-state index contributed by atoms with van der Waals surface area (Å²) in [5, 5.41) is 5.55. The first-order valence-electron chi connectivity index (χ1n) is 11.6. The van der Waals surface area contributed by atoms with Crippen LogP contribution in [0.2, 0.25) is 5.02 Å². The number of hydrogen-bond donors (Lipinski definition) is 1. The van der Waals surface area contributed by atoms with Crippen LogP contribution in [-0.4, -0.2) is 4.98 Å². The molecule has 0 aliphatic rings. The Kier molecular flexibility index (Phi) is 5.51. The highest BCUT2D eigenvalue weighted by Gasteiger charge is 2.17. The predicted octanol–water partition coefficient (Wildman–Crippen LogP) is 8.38. The summed E-state index contributed by atoms with van der Waals surface area (Å²) in [6.07, 6.45) is 0. The molecule has 0 saturated carbocycles. The van der Waals surface area contributed by atoms with Crippen molar-refractivity contribution in [3.05, 3.63) is 124 Å². The normalized spacial score (nSPS) is 11.2. The molecule has 0 saturated heterocycles. The minimum Gasteiger partial charge on any atom is -0.421 e. The predicted molar refractivity (Wildman–Crippen MR) is 148 cm³/mol. The Morgan fingerprint density at radius 1 is 0.806 bits per heavy atom. The van der Waals surface area contributed by atoms with Gasteiger partial charge in [-0.05, 0) is 54.4 Å². The summed E-state index contributed by atoms with van der Waals surface area (Å²) in [6, 6.07) is 33.4. The average molecular weight is 489 g/mol. The molecule has 0 radical (unpaired) electrons. The molecule has 5 heteroatoms. The van der Waals surface area contributed by atoms with Gasteiger partial charge in [0.2, 0.25) is 0 Å². The number of benzene rings is 4. The van der Waals surface area contributed by atoms with Gasteiger partial charge in [0, 0.05) is 22.0 Å². The van der Waals surface area contributed by atoms with Crippen molar-refractivity contribution in [2.45, 2.75) is 6.92 Å². The molecule has 6 rings (SSSR count). The number of nitrogens with one attached hydrogen (secondary N) is 1. The molecule has 174 valence electrons. The van der Waals surface area contributed by atoms with Crippen LogP contribution in [0.5, 0.6) is 0 Å². The van der Waals surface area contributed by atoms with E-state index in [1.165, 1.54) is 0 Å². The molecular weight excluding hydrogens is 468 g/mol. The monoisotopic (exact) mass is 488 g/mol. The molecule has 0 spiro atoms. The van der Waals surface area contributed by atoms with Crippen molar-refractivity contribution in [3.63, 3.8) is 0 Å². The van der Waals surface area contributed by atoms with Crippen molar-refractivity contribution in [2.24, 2.45) is 0 Å². The SMILES string of the molecule is Cc1ccc(-c2cc(-c3ccccc3)c3c(n2)c(=O)oc2ccc(Nc4ccccc4Cl)cc23)cc1. The van der Waals surface area contributed by atoms with Crippen molar-refractivity contribution in [1.29, 1.82) is 0 Å². The maximum Gasteiger partial charge on any atom is 0.363 e. The second-order valence-corrected chi connectivity index (χ2v) is 9.12. The van der Waals surface area contributed by atoms with E-state index in [2.05, 4.69) is 11.4 Å². The quantitative estimate of drug-likeness (QED) is 0.200. The van der Waals surface area contributed by atoms with Crippen LogP contribution in [0, 0.1) is 6.92 Å². The highest BCUT2D eigenvalue weighted by Crippen LogP contribution is 2.37. The first kappa shape index (κ1) is 22.1. The maximum atomic E-state index is 13.2. The second-order valence-electron chi connectivity index (χ2n) is 8.72. The molecular formula is C31H21ClN2O2. The van der Waals surface area contributed by atoms with E-state index >= 15 is 0 Å². The molecule has 0 aliphatic heterocycles. The van der Waals surface area contributed by atoms with Gasteiger partial charge in [-0.15, -0.1) is 0 Å². The fourth-order valence-electron chi connectivity index (χ4n) is 4.44. The van der Waals surface area contributed by atoms with E-state index in [4.69, 9.17) is 21.0 Å². The Bertz CT molecular complexity index is 1790. The largest absolute Gasteiger partial charge is 0.421 e. The third kappa shape index (κ3) is 4.02. The van der Waals surface area contributed by atoms with Crippen LogP contribution in [0.3, 0.4) is 0 Å². The van der Waals surface area contributed by atoms with Gasteiger partial charge in [0.1, 0.15) is 5.58 Å². The lowest BCUT2D eigenvalue weighted by atomic mass is 9.96. The fraction of sp³-hybridized carbons (Fsp3) is 0.0323. The van der Waals surface area contributed by atoms with Crippen molar-refractivity contribution in [3.8, 4) is 22.4 Å². The first-order chi connectivity index (χ1) is 17.6. The second kappa shape index (κ2) is 8.99. The zero-order valence-corrected chi connectivity index (χ0v) is 20.2. The van der Waals surface area contributed by atoms with E-state index in [0.29, 0.717) is 16.1 Å². The summed E-state index contributed by atoms with van der Waals surface area (Å²) in [6.45, 7) is 2.04. The summed E-state index contributed by atoms with van der Waals surface area (Å²) in [5.41, 5.74) is 6.69. The average Bonchev–Trinajstić information content (AvgIpc) is 2.91. The molecule has 0 amide bonds. The molecule has 0 unspecified atom stereocenters. The highest BCUT2D eigenvalue weighted by atomic mass is 35.5. The van der Waals surface area contributed by atoms with Crippen molar-refractivity contribution >= 4 is 44.8 Å². The van der Waals surface area contributed by atoms with E-state index in [1.54, 1.807) is 6.07 Å². The molecule has 2 heterocycles. The third-order valence-electron chi connectivity index (χ3n) is 6.25. The van der Waals surface area contributed by atoms with Gasteiger partial charge in [-0.25, -0.2) is 9.78 Å². The molecule has 0 fully saturated rings. The number of para-hydroxylation sites is 1. The fourth-order valence-corrected chi connectivity index (χ4v) is 4.62. The minimum atomic E-state index is -0.463. The van der Waals surface area contributed by atoms with Gasteiger partial charge in [0.25, 0.3) is 0 Å². The van der Waals surface area contributed by atoms with Crippen LogP contribution < -0.4 is 10.9 Å². The lowest BCUT2D eigenvalue weighted by molar-refractivity contribution is 0.568. The summed E-state index contributed by atoms with van der Waals surface area (Å²) in [5.74, 6) is 0. The topological polar surface area (TPSA) is 55.1 Å². The molecule has 4 nitrogen and oxygen atoms in total. The van der Waals surface area contributed by atoms with Crippen LogP contribution in [-0.2, 0) is 0 Å². The summed E-state index contributed by atoms with van der Waals surface area (Å²) < 4.78 is 5.73. The van der Waals surface area contributed by atoms with E-state index in [9.17, 15) is 4.79 Å². The molecule has 0 aliphatic carbocycles. The summed E-state index contributed by atoms with van der Waals surface area (Å²) in [4.78, 5) is 18.0. The Hall–Kier alpha value is -4.41. The van der Waals surface area contributed by atoms with Crippen molar-refractivity contribution in [2.75, 3.05) is 5.32 Å². The number of nitrogens with zero attached hydrogens (tertiary/aromatic N) is 1.